The molecule has 148 valence electrons. The SMILES string of the molecule is COc1cc(NC(=O)C2CC2C(=O)Nc2cccc(F)c2)cc(OC)c1OC. The van der Waals surface area contributed by atoms with E-state index in [1.807, 2.05) is 0 Å². The fraction of sp³-hybridized carbons (Fsp3) is 0.300. The molecule has 0 bridgehead atoms. The predicted molar refractivity (Wildman–Crippen MR) is 101 cm³/mol. The number of halogens is 1. The zero-order chi connectivity index (χ0) is 20.3. The Balaban J connectivity index is 1.64. The number of hydrogen-bond acceptors (Lipinski definition) is 5. The molecule has 0 saturated heterocycles. The van der Waals surface area contributed by atoms with Crippen LogP contribution in [0, 0.1) is 17.7 Å². The second-order valence-corrected chi connectivity index (χ2v) is 6.35. The Bertz CT molecular complexity index is 877. The van der Waals surface area contributed by atoms with Gasteiger partial charge in [0.2, 0.25) is 17.6 Å². The summed E-state index contributed by atoms with van der Waals surface area (Å²) >= 11 is 0. The van der Waals surface area contributed by atoms with Crippen molar-refractivity contribution in [3.05, 3.63) is 42.2 Å². The molecule has 2 atom stereocenters. The summed E-state index contributed by atoms with van der Waals surface area (Å²) in [4.78, 5) is 24.8. The molecule has 0 heterocycles. The van der Waals surface area contributed by atoms with E-state index in [9.17, 15) is 14.0 Å². The van der Waals surface area contributed by atoms with Crippen LogP contribution in [0.2, 0.25) is 0 Å². The fourth-order valence-corrected chi connectivity index (χ4v) is 2.96. The van der Waals surface area contributed by atoms with Gasteiger partial charge in [-0.25, -0.2) is 4.39 Å². The lowest BCUT2D eigenvalue weighted by Gasteiger charge is -2.14. The van der Waals surface area contributed by atoms with Crippen molar-refractivity contribution in [2.45, 2.75) is 6.42 Å². The van der Waals surface area contributed by atoms with Gasteiger partial charge in [0, 0.05) is 23.5 Å². The molecule has 2 aromatic carbocycles. The Labute approximate surface area is 161 Å². The van der Waals surface area contributed by atoms with Gasteiger partial charge in [0.05, 0.1) is 33.2 Å². The van der Waals surface area contributed by atoms with E-state index in [4.69, 9.17) is 14.2 Å². The maximum atomic E-state index is 13.2. The standard InChI is InChI=1S/C20H21FN2O5/c1-26-16-8-13(9-17(27-2)18(16)28-3)23-20(25)15-10-14(15)19(24)22-12-6-4-5-11(21)7-12/h4-9,14-15H,10H2,1-3H3,(H,22,24)(H,23,25). The number of benzene rings is 2. The second-order valence-electron chi connectivity index (χ2n) is 6.35. The number of hydrogen-bond donors (Lipinski definition) is 2. The van der Waals surface area contributed by atoms with E-state index in [2.05, 4.69) is 10.6 Å². The quantitative estimate of drug-likeness (QED) is 0.761. The third-order valence-electron chi connectivity index (χ3n) is 4.49. The molecule has 1 aliphatic rings. The van der Waals surface area contributed by atoms with Gasteiger partial charge >= 0.3 is 0 Å². The molecule has 1 aliphatic carbocycles. The first-order valence-electron chi connectivity index (χ1n) is 8.64. The van der Waals surface area contributed by atoms with Gasteiger partial charge in [-0.3, -0.25) is 9.59 Å². The predicted octanol–water partition coefficient (Wildman–Crippen LogP) is 3.06. The first kappa shape index (κ1) is 19.5. The van der Waals surface area contributed by atoms with Gasteiger partial charge in [-0.1, -0.05) is 6.07 Å². The molecule has 1 saturated carbocycles. The molecule has 0 spiro atoms. The van der Waals surface area contributed by atoms with Crippen LogP contribution in [0.4, 0.5) is 15.8 Å². The van der Waals surface area contributed by atoms with Gasteiger partial charge in [-0.15, -0.1) is 0 Å². The van der Waals surface area contributed by atoms with Crippen molar-refractivity contribution >= 4 is 23.2 Å². The highest BCUT2D eigenvalue weighted by atomic mass is 19.1. The van der Waals surface area contributed by atoms with Crippen molar-refractivity contribution in [2.75, 3.05) is 32.0 Å². The van der Waals surface area contributed by atoms with Crippen LogP contribution in [-0.2, 0) is 9.59 Å². The minimum Gasteiger partial charge on any atom is -0.493 e. The third-order valence-corrected chi connectivity index (χ3v) is 4.49. The number of amides is 2. The van der Waals surface area contributed by atoms with Gasteiger partial charge < -0.3 is 24.8 Å². The highest BCUT2D eigenvalue weighted by Crippen LogP contribution is 2.42. The maximum absolute atomic E-state index is 13.2. The van der Waals surface area contributed by atoms with Crippen molar-refractivity contribution in [3.63, 3.8) is 0 Å². The highest BCUT2D eigenvalue weighted by molar-refractivity contribution is 6.03. The van der Waals surface area contributed by atoms with Crippen LogP contribution in [-0.4, -0.2) is 33.1 Å². The Morgan fingerprint density at radius 3 is 1.96 bits per heavy atom. The first-order chi connectivity index (χ1) is 13.5. The van der Waals surface area contributed by atoms with E-state index in [-0.39, 0.29) is 11.8 Å². The number of ether oxygens (including phenoxy) is 3. The van der Waals surface area contributed by atoms with Crippen molar-refractivity contribution in [1.29, 1.82) is 0 Å². The average molecular weight is 388 g/mol. The summed E-state index contributed by atoms with van der Waals surface area (Å²) in [5.41, 5.74) is 0.830. The Morgan fingerprint density at radius 2 is 1.46 bits per heavy atom. The van der Waals surface area contributed by atoms with Crippen molar-refractivity contribution < 1.29 is 28.2 Å². The molecule has 2 unspecified atom stereocenters. The summed E-state index contributed by atoms with van der Waals surface area (Å²) in [6.07, 6.45) is 0.428. The molecule has 0 aliphatic heterocycles. The van der Waals surface area contributed by atoms with E-state index in [1.165, 1.54) is 39.5 Å². The first-order valence-corrected chi connectivity index (χ1v) is 8.64. The summed E-state index contributed by atoms with van der Waals surface area (Å²) in [5.74, 6) is -0.698. The molecule has 1 fully saturated rings. The number of anilines is 2. The molecule has 0 aromatic heterocycles. The molecule has 7 nitrogen and oxygen atoms in total. The van der Waals surface area contributed by atoms with Crippen LogP contribution >= 0.6 is 0 Å². The minimum atomic E-state index is -0.453. The minimum absolute atomic E-state index is 0.284. The summed E-state index contributed by atoms with van der Waals surface area (Å²) in [6, 6.07) is 8.85. The van der Waals surface area contributed by atoms with E-state index in [0.717, 1.165) is 0 Å². The maximum Gasteiger partial charge on any atom is 0.228 e. The largest absolute Gasteiger partial charge is 0.493 e. The molecular formula is C20H21FN2O5. The molecule has 3 rings (SSSR count). The summed E-state index contributed by atoms with van der Waals surface area (Å²) in [6.45, 7) is 0. The number of nitrogens with one attached hydrogen (secondary N) is 2. The Morgan fingerprint density at radius 1 is 0.893 bits per heavy atom. The molecule has 2 amide bonds. The number of carbonyl (C=O) groups is 2. The van der Waals surface area contributed by atoms with E-state index < -0.39 is 17.7 Å². The van der Waals surface area contributed by atoms with Gasteiger partial charge in [0.1, 0.15) is 5.82 Å². The van der Waals surface area contributed by atoms with Gasteiger partial charge in [-0.05, 0) is 24.6 Å². The molecule has 0 radical (unpaired) electrons. The number of rotatable bonds is 7. The monoisotopic (exact) mass is 388 g/mol. The number of methoxy groups -OCH3 is 3. The van der Waals surface area contributed by atoms with Crippen LogP contribution in [0.15, 0.2) is 36.4 Å². The van der Waals surface area contributed by atoms with Gasteiger partial charge in [-0.2, -0.15) is 0 Å². The molecule has 28 heavy (non-hydrogen) atoms. The zero-order valence-electron chi connectivity index (χ0n) is 15.7. The lowest BCUT2D eigenvalue weighted by atomic mass is 10.2. The van der Waals surface area contributed by atoms with Crippen molar-refractivity contribution in [1.82, 2.24) is 0 Å². The molecule has 2 aromatic rings. The van der Waals surface area contributed by atoms with Crippen LogP contribution in [0.5, 0.6) is 17.2 Å². The number of carbonyl (C=O) groups excluding carboxylic acids is 2. The highest BCUT2D eigenvalue weighted by Gasteiger charge is 2.48. The smallest absolute Gasteiger partial charge is 0.228 e. The lowest BCUT2D eigenvalue weighted by Crippen LogP contribution is -2.20. The van der Waals surface area contributed by atoms with Crippen LogP contribution in [0.1, 0.15) is 6.42 Å². The van der Waals surface area contributed by atoms with E-state index >= 15 is 0 Å². The topological polar surface area (TPSA) is 85.9 Å². The molecule has 8 heteroatoms. The molecular weight excluding hydrogens is 367 g/mol. The Kier molecular flexibility index (Phi) is 5.67. The summed E-state index contributed by atoms with van der Waals surface area (Å²) < 4.78 is 29.0. The van der Waals surface area contributed by atoms with E-state index in [1.54, 1.807) is 18.2 Å². The van der Waals surface area contributed by atoms with Crippen LogP contribution < -0.4 is 24.8 Å². The Hall–Kier alpha value is -3.29. The zero-order valence-corrected chi connectivity index (χ0v) is 15.7. The van der Waals surface area contributed by atoms with E-state index in [0.29, 0.717) is 35.0 Å². The fourth-order valence-electron chi connectivity index (χ4n) is 2.96. The normalized spacial score (nSPS) is 17.4. The average Bonchev–Trinajstić information content (AvgIpc) is 3.48. The molecule has 2 N–H and O–H groups in total. The summed E-state index contributed by atoms with van der Waals surface area (Å²) in [7, 11) is 4.46. The van der Waals surface area contributed by atoms with Crippen molar-refractivity contribution in [3.8, 4) is 17.2 Å². The lowest BCUT2D eigenvalue weighted by molar-refractivity contribution is -0.122. The third kappa shape index (κ3) is 4.16. The van der Waals surface area contributed by atoms with Crippen LogP contribution in [0.3, 0.4) is 0 Å². The summed E-state index contributed by atoms with van der Waals surface area (Å²) in [5, 5.41) is 5.40. The van der Waals surface area contributed by atoms with Gasteiger partial charge in [0.25, 0.3) is 0 Å². The van der Waals surface area contributed by atoms with Crippen molar-refractivity contribution in [2.24, 2.45) is 11.8 Å². The van der Waals surface area contributed by atoms with Gasteiger partial charge in [0.15, 0.2) is 11.5 Å². The van der Waals surface area contributed by atoms with Crippen LogP contribution in [0.25, 0.3) is 0 Å². The second kappa shape index (κ2) is 8.16.